The lowest BCUT2D eigenvalue weighted by atomic mass is 10.1. The van der Waals surface area contributed by atoms with Gasteiger partial charge in [-0.3, -0.25) is 14.4 Å². The van der Waals surface area contributed by atoms with E-state index in [0.717, 1.165) is 11.4 Å². The number of carbonyl (C=O) groups is 3. The molecule has 0 spiro atoms. The molecule has 6 heteroatoms. The zero-order valence-electron chi connectivity index (χ0n) is 11.5. The van der Waals surface area contributed by atoms with Gasteiger partial charge in [0.1, 0.15) is 0 Å². The van der Waals surface area contributed by atoms with Gasteiger partial charge in [0.25, 0.3) is 0 Å². The summed E-state index contributed by atoms with van der Waals surface area (Å²) in [6, 6.07) is 8.94. The summed E-state index contributed by atoms with van der Waals surface area (Å²) in [5.41, 5.74) is 0.810. The summed E-state index contributed by atoms with van der Waals surface area (Å²) in [5, 5.41) is 2.80. The van der Waals surface area contributed by atoms with Crippen molar-refractivity contribution in [2.45, 2.75) is 18.9 Å². The molecule has 2 amide bonds. The van der Waals surface area contributed by atoms with Crippen LogP contribution >= 0.6 is 11.8 Å². The number of para-hydroxylation sites is 1. The van der Waals surface area contributed by atoms with Crippen molar-refractivity contribution in [3.8, 4) is 0 Å². The molecule has 0 saturated carbocycles. The van der Waals surface area contributed by atoms with Crippen LogP contribution in [0.5, 0.6) is 0 Å². The van der Waals surface area contributed by atoms with Gasteiger partial charge in [-0.1, -0.05) is 30.0 Å². The molecule has 21 heavy (non-hydrogen) atoms. The van der Waals surface area contributed by atoms with Crippen molar-refractivity contribution < 1.29 is 14.4 Å². The van der Waals surface area contributed by atoms with Crippen LogP contribution in [0, 0.1) is 5.92 Å². The Morgan fingerprint density at radius 2 is 2.00 bits per heavy atom. The van der Waals surface area contributed by atoms with Gasteiger partial charge in [-0.05, 0) is 18.6 Å². The highest BCUT2D eigenvalue weighted by Gasteiger charge is 2.37. The van der Waals surface area contributed by atoms with E-state index in [1.807, 2.05) is 30.3 Å². The van der Waals surface area contributed by atoms with Gasteiger partial charge in [0.2, 0.25) is 16.9 Å². The Bertz CT molecular complexity index is 576. The Labute approximate surface area is 127 Å². The molecule has 2 aliphatic heterocycles. The maximum atomic E-state index is 12.2. The number of rotatable bonds is 3. The minimum absolute atomic E-state index is 0.0209. The highest BCUT2D eigenvalue weighted by molar-refractivity contribution is 8.14. The Kier molecular flexibility index (Phi) is 3.96. The molecule has 1 aromatic carbocycles. The summed E-state index contributed by atoms with van der Waals surface area (Å²) in [7, 11) is 0. The van der Waals surface area contributed by atoms with Gasteiger partial charge in [-0.15, -0.1) is 0 Å². The van der Waals surface area contributed by atoms with Crippen molar-refractivity contribution in [2.75, 3.05) is 17.2 Å². The monoisotopic (exact) mass is 304 g/mol. The van der Waals surface area contributed by atoms with Gasteiger partial charge < -0.3 is 10.2 Å². The Balaban J connectivity index is 1.64. The van der Waals surface area contributed by atoms with E-state index in [-0.39, 0.29) is 35.3 Å². The van der Waals surface area contributed by atoms with Gasteiger partial charge in [0.05, 0.1) is 12.0 Å². The standard InChI is InChI=1S/C15H16N2O3S/c18-13-8-10(9-17(13)11-4-2-1-3-5-11)14(19)16-12-6-7-21-15(12)20/h1-5,10,12H,6-9H2,(H,16,19)/t10-,12-/m0/s1. The molecular weight excluding hydrogens is 288 g/mol. The molecule has 1 N–H and O–H groups in total. The molecule has 0 radical (unpaired) electrons. The van der Waals surface area contributed by atoms with Crippen LogP contribution < -0.4 is 10.2 Å². The fourth-order valence-corrected chi connectivity index (χ4v) is 3.59. The Morgan fingerprint density at radius 1 is 1.24 bits per heavy atom. The Morgan fingerprint density at radius 3 is 2.67 bits per heavy atom. The molecule has 2 saturated heterocycles. The molecule has 5 nitrogen and oxygen atoms in total. The molecule has 2 heterocycles. The minimum atomic E-state index is -0.386. The topological polar surface area (TPSA) is 66.5 Å². The van der Waals surface area contributed by atoms with E-state index in [0.29, 0.717) is 13.0 Å². The summed E-state index contributed by atoms with van der Waals surface area (Å²) >= 11 is 1.26. The molecule has 0 unspecified atom stereocenters. The van der Waals surface area contributed by atoms with Gasteiger partial charge in [0.15, 0.2) is 0 Å². The normalized spacial score (nSPS) is 25.4. The minimum Gasteiger partial charge on any atom is -0.345 e. The molecule has 0 bridgehead atoms. The van der Waals surface area contributed by atoms with E-state index in [2.05, 4.69) is 5.32 Å². The number of thioether (sulfide) groups is 1. The molecule has 0 aliphatic carbocycles. The van der Waals surface area contributed by atoms with E-state index in [1.165, 1.54) is 11.8 Å². The fourth-order valence-electron chi connectivity index (χ4n) is 2.66. The lowest BCUT2D eigenvalue weighted by molar-refractivity contribution is -0.128. The van der Waals surface area contributed by atoms with Crippen molar-refractivity contribution in [3.63, 3.8) is 0 Å². The first-order valence-corrected chi connectivity index (χ1v) is 7.96. The third-order valence-electron chi connectivity index (χ3n) is 3.82. The van der Waals surface area contributed by atoms with Crippen molar-refractivity contribution in [2.24, 2.45) is 5.92 Å². The SMILES string of the molecule is O=C(N[C@H]1CCSC1=O)[C@H]1CC(=O)N(c2ccccc2)C1. The van der Waals surface area contributed by atoms with Gasteiger partial charge in [0, 0.05) is 24.4 Å². The molecule has 3 rings (SSSR count). The predicted octanol–water partition coefficient (Wildman–Crippen LogP) is 1.19. The second-order valence-electron chi connectivity index (χ2n) is 5.26. The van der Waals surface area contributed by atoms with Crippen LogP contribution in [0.3, 0.4) is 0 Å². The van der Waals surface area contributed by atoms with Crippen molar-refractivity contribution >= 4 is 34.4 Å². The van der Waals surface area contributed by atoms with Crippen LogP contribution in [-0.2, 0) is 14.4 Å². The number of anilines is 1. The number of hydrogen-bond donors (Lipinski definition) is 1. The first kappa shape index (κ1) is 14.1. The first-order valence-electron chi connectivity index (χ1n) is 6.97. The van der Waals surface area contributed by atoms with Gasteiger partial charge in [-0.25, -0.2) is 0 Å². The molecule has 2 aliphatic rings. The third-order valence-corrected chi connectivity index (χ3v) is 4.82. The average molecular weight is 304 g/mol. The number of amides is 2. The van der Waals surface area contributed by atoms with Crippen LogP contribution in [0.1, 0.15) is 12.8 Å². The zero-order valence-corrected chi connectivity index (χ0v) is 12.3. The summed E-state index contributed by atoms with van der Waals surface area (Å²) in [6.07, 6.45) is 0.882. The molecule has 2 fully saturated rings. The van der Waals surface area contributed by atoms with Crippen LogP contribution in [0.4, 0.5) is 5.69 Å². The predicted molar refractivity (Wildman–Crippen MR) is 80.9 cm³/mol. The van der Waals surface area contributed by atoms with Crippen molar-refractivity contribution in [3.05, 3.63) is 30.3 Å². The summed E-state index contributed by atoms with van der Waals surface area (Å²) in [5.74, 6) is 0.135. The Hall–Kier alpha value is -1.82. The van der Waals surface area contributed by atoms with Crippen molar-refractivity contribution in [1.82, 2.24) is 5.32 Å². The summed E-state index contributed by atoms with van der Waals surface area (Å²) < 4.78 is 0. The van der Waals surface area contributed by atoms with Gasteiger partial charge in [-0.2, -0.15) is 0 Å². The molecular formula is C15H16N2O3S. The second kappa shape index (κ2) is 5.89. The molecule has 110 valence electrons. The smallest absolute Gasteiger partial charge is 0.227 e. The average Bonchev–Trinajstić information content (AvgIpc) is 3.07. The van der Waals surface area contributed by atoms with E-state index in [1.54, 1.807) is 4.90 Å². The maximum Gasteiger partial charge on any atom is 0.227 e. The molecule has 2 atom stereocenters. The summed E-state index contributed by atoms with van der Waals surface area (Å²) in [4.78, 5) is 37.5. The number of carbonyl (C=O) groups excluding carboxylic acids is 3. The third kappa shape index (κ3) is 2.95. The van der Waals surface area contributed by atoms with Crippen molar-refractivity contribution in [1.29, 1.82) is 0 Å². The number of hydrogen-bond acceptors (Lipinski definition) is 4. The first-order chi connectivity index (χ1) is 10.1. The van der Waals surface area contributed by atoms with Crippen LogP contribution in [0.25, 0.3) is 0 Å². The fraction of sp³-hybridized carbons (Fsp3) is 0.400. The zero-order chi connectivity index (χ0) is 14.8. The number of nitrogens with zero attached hydrogens (tertiary/aromatic N) is 1. The highest BCUT2D eigenvalue weighted by atomic mass is 32.2. The van der Waals surface area contributed by atoms with Crippen LogP contribution in [0.2, 0.25) is 0 Å². The lowest BCUT2D eigenvalue weighted by Gasteiger charge is -2.17. The number of benzene rings is 1. The largest absolute Gasteiger partial charge is 0.345 e. The van der Waals surface area contributed by atoms with E-state index < -0.39 is 0 Å². The van der Waals surface area contributed by atoms with Crippen LogP contribution in [-0.4, -0.2) is 35.3 Å². The molecule has 1 aromatic rings. The maximum absolute atomic E-state index is 12.2. The van der Waals surface area contributed by atoms with E-state index >= 15 is 0 Å². The lowest BCUT2D eigenvalue weighted by Crippen LogP contribution is -2.41. The summed E-state index contributed by atoms with van der Waals surface area (Å²) in [6.45, 7) is 0.378. The van der Waals surface area contributed by atoms with Gasteiger partial charge >= 0.3 is 0 Å². The van der Waals surface area contributed by atoms with E-state index in [4.69, 9.17) is 0 Å². The highest BCUT2D eigenvalue weighted by Crippen LogP contribution is 2.26. The quantitative estimate of drug-likeness (QED) is 0.911. The van der Waals surface area contributed by atoms with E-state index in [9.17, 15) is 14.4 Å². The van der Waals surface area contributed by atoms with Crippen LogP contribution in [0.15, 0.2) is 30.3 Å². The second-order valence-corrected chi connectivity index (χ2v) is 6.36. The number of nitrogens with one attached hydrogen (secondary N) is 1. The molecule has 0 aromatic heterocycles.